The smallest absolute Gasteiger partial charge is 0.353 e. The number of rotatable bonds is 5. The number of carbonyl (C=O) groups is 1. The van der Waals surface area contributed by atoms with E-state index in [9.17, 15) is 18.0 Å². The van der Waals surface area contributed by atoms with Gasteiger partial charge in [-0.05, 0) is 31.5 Å². The second kappa shape index (κ2) is 6.03. The maximum absolute atomic E-state index is 12.5. The second-order valence-corrected chi connectivity index (χ2v) is 4.69. The highest BCUT2D eigenvalue weighted by molar-refractivity contribution is 5.88. The van der Waals surface area contributed by atoms with E-state index in [1.165, 1.54) is 12.1 Å². The molecule has 3 atom stereocenters. The summed E-state index contributed by atoms with van der Waals surface area (Å²) in [6, 6.07) is 4.21. The molecule has 1 fully saturated rings. The number of β-lactam (4-membered cyclic amide) rings is 1. The Bertz CT molecular complexity index is 501. The third-order valence-corrected chi connectivity index (χ3v) is 3.20. The quantitative estimate of drug-likeness (QED) is 0.672. The fraction of sp³-hybridized carbons (Fsp3) is 0.500. The molecule has 21 heavy (non-hydrogen) atoms. The summed E-state index contributed by atoms with van der Waals surface area (Å²) in [5, 5.41) is 2.61. The van der Waals surface area contributed by atoms with Crippen LogP contribution in [0.1, 0.15) is 31.0 Å². The minimum absolute atomic E-state index is 0.300. The van der Waals surface area contributed by atoms with E-state index in [-0.39, 0.29) is 5.91 Å². The van der Waals surface area contributed by atoms with Crippen LogP contribution >= 0.6 is 0 Å². The van der Waals surface area contributed by atoms with Gasteiger partial charge >= 0.3 is 6.18 Å². The van der Waals surface area contributed by atoms with E-state index in [4.69, 9.17) is 9.47 Å². The van der Waals surface area contributed by atoms with Crippen LogP contribution in [0.15, 0.2) is 24.3 Å². The summed E-state index contributed by atoms with van der Waals surface area (Å²) in [5.41, 5.74) is -0.159. The van der Waals surface area contributed by atoms with Crippen LogP contribution in [-0.4, -0.2) is 24.9 Å². The minimum atomic E-state index is -4.37. The second-order valence-electron chi connectivity index (χ2n) is 4.69. The van der Waals surface area contributed by atoms with E-state index in [0.717, 1.165) is 12.1 Å². The molecule has 1 aliphatic heterocycles. The predicted octanol–water partition coefficient (Wildman–Crippen LogP) is 2.64. The molecule has 2 rings (SSSR count). The molecule has 116 valence electrons. The Labute approximate surface area is 120 Å². The zero-order chi connectivity index (χ0) is 15.6. The van der Waals surface area contributed by atoms with E-state index in [1.807, 2.05) is 0 Å². The van der Waals surface area contributed by atoms with Crippen molar-refractivity contribution in [1.82, 2.24) is 5.32 Å². The van der Waals surface area contributed by atoms with Crippen molar-refractivity contribution >= 4 is 5.91 Å². The van der Waals surface area contributed by atoms with Crippen LogP contribution in [0.2, 0.25) is 0 Å². The van der Waals surface area contributed by atoms with E-state index in [0.29, 0.717) is 12.2 Å². The third-order valence-electron chi connectivity index (χ3n) is 3.20. The Morgan fingerprint density at radius 1 is 1.29 bits per heavy atom. The van der Waals surface area contributed by atoms with Crippen LogP contribution in [0.3, 0.4) is 0 Å². The van der Waals surface area contributed by atoms with Gasteiger partial charge in [-0.15, -0.1) is 0 Å². The molecule has 1 aromatic rings. The number of amides is 1. The average molecular weight is 303 g/mol. The van der Waals surface area contributed by atoms with Gasteiger partial charge in [0.15, 0.2) is 12.4 Å². The van der Waals surface area contributed by atoms with Gasteiger partial charge in [0.25, 0.3) is 5.91 Å². The highest BCUT2D eigenvalue weighted by Gasteiger charge is 2.42. The van der Waals surface area contributed by atoms with E-state index in [1.54, 1.807) is 13.8 Å². The molecule has 0 aliphatic carbocycles. The van der Waals surface area contributed by atoms with Gasteiger partial charge in [0.1, 0.15) is 0 Å². The number of carbonyl (C=O) groups excluding carboxylic acids is 1. The maximum atomic E-state index is 12.5. The van der Waals surface area contributed by atoms with Crippen LogP contribution in [0.5, 0.6) is 0 Å². The molecule has 1 amide bonds. The Balaban J connectivity index is 2.06. The zero-order valence-electron chi connectivity index (χ0n) is 11.6. The van der Waals surface area contributed by atoms with Crippen LogP contribution in [0.4, 0.5) is 13.2 Å². The van der Waals surface area contributed by atoms with Crippen molar-refractivity contribution in [2.75, 3.05) is 6.61 Å². The van der Waals surface area contributed by atoms with Crippen molar-refractivity contribution in [3.05, 3.63) is 35.4 Å². The van der Waals surface area contributed by atoms with Crippen LogP contribution in [-0.2, 0) is 20.4 Å². The maximum Gasteiger partial charge on any atom is 0.416 e. The number of ether oxygens (including phenoxy) is 2. The first-order valence-electron chi connectivity index (χ1n) is 6.57. The van der Waals surface area contributed by atoms with Crippen LogP contribution in [0, 0.1) is 0 Å². The summed E-state index contributed by atoms with van der Waals surface area (Å²) >= 11 is 0. The first-order valence-corrected chi connectivity index (χ1v) is 6.57. The van der Waals surface area contributed by atoms with Crippen molar-refractivity contribution in [3.63, 3.8) is 0 Å². The molecule has 1 N–H and O–H groups in total. The van der Waals surface area contributed by atoms with Crippen molar-refractivity contribution in [2.24, 2.45) is 0 Å². The first kappa shape index (κ1) is 15.8. The molecule has 0 spiro atoms. The molecule has 0 aromatic heterocycles. The fourth-order valence-electron chi connectivity index (χ4n) is 2.12. The van der Waals surface area contributed by atoms with Gasteiger partial charge in [-0.2, -0.15) is 13.2 Å². The fourth-order valence-corrected chi connectivity index (χ4v) is 2.12. The van der Waals surface area contributed by atoms with Crippen molar-refractivity contribution in [2.45, 2.75) is 38.5 Å². The number of nitrogens with one attached hydrogen (secondary N) is 1. The summed E-state index contributed by atoms with van der Waals surface area (Å²) in [6.07, 6.45) is -5.67. The van der Waals surface area contributed by atoms with Crippen LogP contribution in [0.25, 0.3) is 0 Å². The number of halogens is 3. The molecule has 0 radical (unpaired) electrons. The SMILES string of the molecule is CCOC(C)OC1C(=O)NC1c1ccc(C(F)(F)F)cc1. The topological polar surface area (TPSA) is 47.6 Å². The summed E-state index contributed by atoms with van der Waals surface area (Å²) in [7, 11) is 0. The van der Waals surface area contributed by atoms with Crippen molar-refractivity contribution < 1.29 is 27.4 Å². The van der Waals surface area contributed by atoms with Gasteiger partial charge in [-0.3, -0.25) is 4.79 Å². The van der Waals surface area contributed by atoms with Gasteiger partial charge in [0, 0.05) is 6.61 Å². The standard InChI is InChI=1S/C14H16F3NO3/c1-3-20-8(2)21-12-11(18-13(12)19)9-4-6-10(7-5-9)14(15,16)17/h4-8,11-12H,3H2,1-2H3,(H,18,19). The molecule has 1 aromatic carbocycles. The normalized spacial score (nSPS) is 23.4. The molecule has 0 bridgehead atoms. The Morgan fingerprint density at radius 3 is 2.38 bits per heavy atom. The van der Waals surface area contributed by atoms with Gasteiger partial charge in [-0.25, -0.2) is 0 Å². The molecule has 3 unspecified atom stereocenters. The lowest BCUT2D eigenvalue weighted by molar-refractivity contribution is -0.191. The lowest BCUT2D eigenvalue weighted by Crippen LogP contribution is -2.58. The largest absolute Gasteiger partial charge is 0.416 e. The third kappa shape index (κ3) is 3.54. The van der Waals surface area contributed by atoms with Gasteiger partial charge < -0.3 is 14.8 Å². The van der Waals surface area contributed by atoms with E-state index in [2.05, 4.69) is 5.32 Å². The molecule has 1 aliphatic rings. The van der Waals surface area contributed by atoms with E-state index >= 15 is 0 Å². The monoisotopic (exact) mass is 303 g/mol. The van der Waals surface area contributed by atoms with E-state index < -0.39 is 30.2 Å². The lowest BCUT2D eigenvalue weighted by atomic mass is 9.93. The number of hydrogen-bond acceptors (Lipinski definition) is 3. The summed E-state index contributed by atoms with van der Waals surface area (Å²) < 4.78 is 48.1. The molecule has 4 nitrogen and oxygen atoms in total. The molecule has 1 saturated heterocycles. The Hall–Kier alpha value is -1.60. The molecular weight excluding hydrogens is 287 g/mol. The highest BCUT2D eigenvalue weighted by Crippen LogP contribution is 2.32. The number of benzene rings is 1. The highest BCUT2D eigenvalue weighted by atomic mass is 19.4. The average Bonchev–Trinajstić information content (AvgIpc) is 2.42. The van der Waals surface area contributed by atoms with Crippen molar-refractivity contribution in [1.29, 1.82) is 0 Å². The minimum Gasteiger partial charge on any atom is -0.353 e. The molecule has 1 heterocycles. The first-order chi connectivity index (χ1) is 9.82. The summed E-state index contributed by atoms with van der Waals surface area (Å²) in [5.74, 6) is -0.300. The van der Waals surface area contributed by atoms with Crippen LogP contribution < -0.4 is 5.32 Å². The van der Waals surface area contributed by atoms with Gasteiger partial charge in [0.2, 0.25) is 0 Å². The lowest BCUT2D eigenvalue weighted by Gasteiger charge is -2.38. The summed E-state index contributed by atoms with van der Waals surface area (Å²) in [4.78, 5) is 11.5. The van der Waals surface area contributed by atoms with Crippen molar-refractivity contribution in [3.8, 4) is 0 Å². The molecular formula is C14H16F3NO3. The van der Waals surface area contributed by atoms with Gasteiger partial charge in [0.05, 0.1) is 11.6 Å². The zero-order valence-corrected chi connectivity index (χ0v) is 11.6. The number of hydrogen-bond donors (Lipinski definition) is 1. The molecule has 7 heteroatoms. The number of alkyl halides is 3. The van der Waals surface area contributed by atoms with Gasteiger partial charge in [-0.1, -0.05) is 12.1 Å². The predicted molar refractivity (Wildman–Crippen MR) is 68.3 cm³/mol. The molecule has 0 saturated carbocycles. The Kier molecular flexibility index (Phi) is 4.53. The Morgan fingerprint density at radius 2 is 1.90 bits per heavy atom. The summed E-state index contributed by atoms with van der Waals surface area (Å²) in [6.45, 7) is 3.91.